The Hall–Kier alpha value is -2.68. The first-order chi connectivity index (χ1) is 10.8. The number of hydrogen-bond donors (Lipinski definition) is 1. The lowest BCUT2D eigenvalue weighted by Gasteiger charge is -2.02. The van der Waals surface area contributed by atoms with Crippen LogP contribution in [0.25, 0.3) is 22.6 Å². The number of aromatic nitrogens is 1. The van der Waals surface area contributed by atoms with E-state index in [1.54, 1.807) is 0 Å². The summed E-state index contributed by atoms with van der Waals surface area (Å²) in [5, 5.41) is 7.56. The predicted molar refractivity (Wildman–Crippen MR) is 89.2 cm³/mol. The zero-order valence-corrected chi connectivity index (χ0v) is 12.5. The summed E-state index contributed by atoms with van der Waals surface area (Å²) in [6, 6.07) is 20.0. The van der Waals surface area contributed by atoms with Crippen molar-refractivity contribution in [2.75, 3.05) is 0 Å². The van der Waals surface area contributed by atoms with Gasteiger partial charge in [-0.2, -0.15) is 0 Å². The van der Waals surface area contributed by atoms with Crippen LogP contribution >= 0.6 is 0 Å². The lowest BCUT2D eigenvalue weighted by atomic mass is 10.1. The highest BCUT2D eigenvalue weighted by atomic mass is 16.4. The molecule has 0 bridgehead atoms. The van der Waals surface area contributed by atoms with Crippen molar-refractivity contribution in [3.05, 3.63) is 66.6 Å². The normalized spacial score (nSPS) is 12.0. The smallest absolute Gasteiger partial charge is 0.204 e. The molecule has 3 aromatic rings. The van der Waals surface area contributed by atoms with Crippen molar-refractivity contribution in [3.63, 3.8) is 0 Å². The van der Waals surface area contributed by atoms with Gasteiger partial charge in [-0.1, -0.05) is 67.6 Å². The molecule has 2 aromatic carbocycles. The molecule has 0 amide bonds. The van der Waals surface area contributed by atoms with Crippen LogP contribution in [0.4, 0.5) is 0 Å². The van der Waals surface area contributed by atoms with E-state index in [9.17, 15) is 0 Å². The van der Waals surface area contributed by atoms with E-state index in [0.717, 1.165) is 29.0 Å². The Morgan fingerprint density at radius 1 is 1.00 bits per heavy atom. The van der Waals surface area contributed by atoms with Crippen LogP contribution in [0.15, 0.2) is 65.1 Å². The Bertz CT molecular complexity index is 691. The summed E-state index contributed by atoms with van der Waals surface area (Å²) in [7, 11) is 0. The van der Waals surface area contributed by atoms with E-state index in [1.165, 1.54) is 6.21 Å². The van der Waals surface area contributed by atoms with Gasteiger partial charge in [-0.3, -0.25) is 0 Å². The highest BCUT2D eigenvalue weighted by molar-refractivity contribution is 5.77. The Labute approximate surface area is 130 Å². The van der Waals surface area contributed by atoms with Gasteiger partial charge < -0.3 is 9.83 Å². The van der Waals surface area contributed by atoms with Gasteiger partial charge in [0.1, 0.15) is 5.69 Å². The van der Waals surface area contributed by atoms with E-state index >= 15 is 0 Å². The highest BCUT2D eigenvalue weighted by Gasteiger charge is 2.20. The van der Waals surface area contributed by atoms with Gasteiger partial charge in [0, 0.05) is 17.3 Å². The summed E-state index contributed by atoms with van der Waals surface area (Å²) in [6.07, 6.45) is 2.20. The van der Waals surface area contributed by atoms with Crippen LogP contribution in [0.2, 0.25) is 0 Å². The zero-order chi connectivity index (χ0) is 15.4. The highest BCUT2D eigenvalue weighted by Crippen LogP contribution is 2.34. The fourth-order valence-corrected chi connectivity index (χ4v) is 2.44. The molecule has 0 saturated carbocycles. The molecular formula is C19H18N2O. The first-order valence-corrected chi connectivity index (χ1v) is 7.45. The third-order valence-electron chi connectivity index (χ3n) is 3.69. The second-order valence-corrected chi connectivity index (χ2v) is 5.14. The fraction of sp³-hybridized carbons (Fsp3) is 0.158. The van der Waals surface area contributed by atoms with Crippen molar-refractivity contribution >= 4 is 6.21 Å². The topological polar surface area (TPSA) is 49.9 Å². The minimum Gasteiger partial charge on any atom is -0.439 e. The van der Waals surface area contributed by atoms with Crippen LogP contribution in [-0.2, 0) is 0 Å². The molecule has 3 rings (SSSR count). The van der Waals surface area contributed by atoms with Crippen LogP contribution in [0, 0.1) is 5.41 Å². The van der Waals surface area contributed by atoms with Gasteiger partial charge in [-0.15, -0.1) is 0 Å². The molecule has 0 radical (unpaired) electrons. The third kappa shape index (κ3) is 2.70. The minimum absolute atomic E-state index is 0.0834. The fourth-order valence-electron chi connectivity index (χ4n) is 2.44. The molecule has 0 spiro atoms. The molecule has 0 aliphatic carbocycles. The van der Waals surface area contributed by atoms with Gasteiger partial charge in [0.15, 0.2) is 5.76 Å². The van der Waals surface area contributed by atoms with Crippen LogP contribution < -0.4 is 0 Å². The summed E-state index contributed by atoms with van der Waals surface area (Å²) in [4.78, 5) is 4.68. The lowest BCUT2D eigenvalue weighted by molar-refractivity contribution is 0.491. The number of hydrogen-bond acceptors (Lipinski definition) is 3. The van der Waals surface area contributed by atoms with Crippen LogP contribution in [0.1, 0.15) is 25.2 Å². The third-order valence-corrected chi connectivity index (χ3v) is 3.69. The van der Waals surface area contributed by atoms with E-state index in [-0.39, 0.29) is 5.92 Å². The molecule has 22 heavy (non-hydrogen) atoms. The maximum Gasteiger partial charge on any atom is 0.204 e. The summed E-state index contributed by atoms with van der Waals surface area (Å²) < 4.78 is 6.04. The first kappa shape index (κ1) is 14.3. The molecule has 0 aliphatic rings. The van der Waals surface area contributed by atoms with Crippen molar-refractivity contribution < 1.29 is 4.42 Å². The Balaban J connectivity index is 2.16. The summed E-state index contributed by atoms with van der Waals surface area (Å²) in [5.41, 5.74) is 2.86. The molecule has 0 fully saturated rings. The minimum atomic E-state index is -0.0834. The molecule has 3 nitrogen and oxygen atoms in total. The Morgan fingerprint density at radius 3 is 2.14 bits per heavy atom. The van der Waals surface area contributed by atoms with E-state index in [2.05, 4.69) is 4.98 Å². The van der Waals surface area contributed by atoms with Crippen molar-refractivity contribution in [1.29, 1.82) is 5.41 Å². The largest absolute Gasteiger partial charge is 0.439 e. The average molecular weight is 290 g/mol. The molecule has 0 saturated heterocycles. The van der Waals surface area contributed by atoms with Gasteiger partial charge in [0.05, 0.1) is 5.92 Å². The number of benzene rings is 2. The average Bonchev–Trinajstić information content (AvgIpc) is 3.03. The quantitative estimate of drug-likeness (QED) is 0.660. The number of oxazole rings is 1. The second-order valence-electron chi connectivity index (χ2n) is 5.14. The molecule has 110 valence electrons. The molecule has 0 aliphatic heterocycles. The molecular weight excluding hydrogens is 272 g/mol. The molecule has 1 aromatic heterocycles. The van der Waals surface area contributed by atoms with Gasteiger partial charge in [0.25, 0.3) is 0 Å². The monoisotopic (exact) mass is 290 g/mol. The van der Waals surface area contributed by atoms with E-state index < -0.39 is 0 Å². The van der Waals surface area contributed by atoms with Crippen molar-refractivity contribution in [2.24, 2.45) is 0 Å². The van der Waals surface area contributed by atoms with Gasteiger partial charge in [0.2, 0.25) is 5.89 Å². The number of rotatable bonds is 5. The van der Waals surface area contributed by atoms with Crippen LogP contribution in [-0.4, -0.2) is 11.2 Å². The summed E-state index contributed by atoms with van der Waals surface area (Å²) in [5.74, 6) is 1.29. The van der Waals surface area contributed by atoms with Crippen molar-refractivity contribution in [2.45, 2.75) is 19.3 Å². The van der Waals surface area contributed by atoms with E-state index in [4.69, 9.17) is 9.83 Å². The molecule has 3 heteroatoms. The molecule has 1 heterocycles. The van der Waals surface area contributed by atoms with E-state index in [0.29, 0.717) is 5.89 Å². The standard InChI is InChI=1S/C19H18N2O/c1-2-14(13-20)19-21-17(15-9-5-3-6-10-15)18(22-19)16-11-7-4-8-12-16/h3-14,20H,2H2,1H3. The van der Waals surface area contributed by atoms with Gasteiger partial charge >= 0.3 is 0 Å². The second kappa shape index (κ2) is 6.39. The number of nitrogens with one attached hydrogen (secondary N) is 1. The zero-order valence-electron chi connectivity index (χ0n) is 12.5. The SMILES string of the molecule is CCC(C=N)c1nc(-c2ccccc2)c(-c2ccccc2)o1. The number of nitrogens with zero attached hydrogens (tertiary/aromatic N) is 1. The van der Waals surface area contributed by atoms with Crippen molar-refractivity contribution in [1.82, 2.24) is 4.98 Å². The maximum absolute atomic E-state index is 7.56. The van der Waals surface area contributed by atoms with Crippen LogP contribution in [0.5, 0.6) is 0 Å². The Kier molecular flexibility index (Phi) is 4.15. The lowest BCUT2D eigenvalue weighted by Crippen LogP contribution is -1.97. The summed E-state index contributed by atoms with van der Waals surface area (Å²) >= 11 is 0. The Morgan fingerprint density at radius 2 is 1.59 bits per heavy atom. The van der Waals surface area contributed by atoms with E-state index in [1.807, 2.05) is 67.6 Å². The maximum atomic E-state index is 7.56. The molecule has 1 unspecified atom stereocenters. The van der Waals surface area contributed by atoms with Crippen molar-refractivity contribution in [3.8, 4) is 22.6 Å². The predicted octanol–water partition coefficient (Wildman–Crippen LogP) is 5.15. The van der Waals surface area contributed by atoms with Crippen LogP contribution in [0.3, 0.4) is 0 Å². The summed E-state index contributed by atoms with van der Waals surface area (Å²) in [6.45, 7) is 2.03. The van der Waals surface area contributed by atoms with Gasteiger partial charge in [-0.05, 0) is 6.42 Å². The molecule has 1 atom stereocenters. The van der Waals surface area contributed by atoms with Gasteiger partial charge in [-0.25, -0.2) is 4.98 Å². The molecule has 1 N–H and O–H groups in total. The first-order valence-electron chi connectivity index (χ1n) is 7.45.